The van der Waals surface area contributed by atoms with Crippen molar-refractivity contribution >= 4 is 29.2 Å². The summed E-state index contributed by atoms with van der Waals surface area (Å²) >= 11 is 0. The highest BCUT2D eigenvalue weighted by atomic mass is 16.5. The van der Waals surface area contributed by atoms with Gasteiger partial charge in [0.05, 0.1) is 11.3 Å². The van der Waals surface area contributed by atoms with Gasteiger partial charge in [-0.3, -0.25) is 14.4 Å². The minimum Gasteiger partial charge on any atom is -0.481 e. The molecule has 7 heteroatoms. The second kappa shape index (κ2) is 7.04. The molecule has 25 heavy (non-hydrogen) atoms. The summed E-state index contributed by atoms with van der Waals surface area (Å²) in [6.07, 6.45) is 0.286. The second-order valence-electron chi connectivity index (χ2n) is 5.56. The predicted octanol–water partition coefficient (Wildman–Crippen LogP) is 3.24. The van der Waals surface area contributed by atoms with Gasteiger partial charge in [-0.05, 0) is 36.8 Å². The monoisotopic (exact) mass is 340 g/mol. The van der Waals surface area contributed by atoms with Crippen molar-refractivity contribution in [2.75, 3.05) is 10.6 Å². The first kappa shape index (κ1) is 16.5. The standard InChI is InChI=1S/C18H16N2O5/c21-16(6-3-7-17(22)23)19-11-8-9-14-12(10-11)18(24)20-13-4-1-2-5-15(13)25-14/h1-2,4-5,8-10H,3,6-7H2,(H,19,21)(H,20,24)(H,22,23). The number of carboxylic acids is 1. The normalized spacial score (nSPS) is 12.1. The van der Waals surface area contributed by atoms with Crippen LogP contribution in [0, 0.1) is 0 Å². The third kappa shape index (κ3) is 3.95. The average Bonchev–Trinajstić information content (AvgIpc) is 2.70. The topological polar surface area (TPSA) is 105 Å². The summed E-state index contributed by atoms with van der Waals surface area (Å²) in [7, 11) is 0. The van der Waals surface area contributed by atoms with E-state index in [0.717, 1.165) is 0 Å². The molecule has 2 aromatic carbocycles. The van der Waals surface area contributed by atoms with Crippen molar-refractivity contribution in [2.24, 2.45) is 0 Å². The SMILES string of the molecule is O=C(O)CCCC(=O)Nc1ccc2c(c1)C(=O)Nc1ccccc1O2. The molecule has 3 rings (SSSR count). The molecule has 0 aromatic heterocycles. The maximum Gasteiger partial charge on any atom is 0.303 e. The molecule has 0 aliphatic carbocycles. The number of fused-ring (bicyclic) bond motifs is 2. The van der Waals surface area contributed by atoms with Gasteiger partial charge in [-0.15, -0.1) is 0 Å². The Labute approximate surface area is 143 Å². The number of nitrogens with one attached hydrogen (secondary N) is 2. The number of ether oxygens (including phenoxy) is 1. The number of rotatable bonds is 5. The van der Waals surface area contributed by atoms with Gasteiger partial charge in [-0.25, -0.2) is 0 Å². The fraction of sp³-hybridized carbons (Fsp3) is 0.167. The van der Waals surface area contributed by atoms with Crippen LogP contribution in [0.15, 0.2) is 42.5 Å². The molecule has 0 saturated heterocycles. The fourth-order valence-electron chi connectivity index (χ4n) is 2.46. The van der Waals surface area contributed by atoms with Crippen molar-refractivity contribution in [1.29, 1.82) is 0 Å². The zero-order valence-corrected chi connectivity index (χ0v) is 13.2. The number of aliphatic carboxylic acids is 1. The maximum atomic E-state index is 12.4. The van der Waals surface area contributed by atoms with Crippen molar-refractivity contribution in [3.05, 3.63) is 48.0 Å². The van der Waals surface area contributed by atoms with Gasteiger partial charge in [-0.2, -0.15) is 0 Å². The van der Waals surface area contributed by atoms with E-state index in [1.165, 1.54) is 6.07 Å². The Morgan fingerprint density at radius 3 is 2.68 bits per heavy atom. The van der Waals surface area contributed by atoms with Gasteiger partial charge < -0.3 is 20.5 Å². The van der Waals surface area contributed by atoms with Crippen LogP contribution < -0.4 is 15.4 Å². The fourth-order valence-corrected chi connectivity index (χ4v) is 2.46. The van der Waals surface area contributed by atoms with Crippen molar-refractivity contribution < 1.29 is 24.2 Å². The first-order chi connectivity index (χ1) is 12.0. The highest BCUT2D eigenvalue weighted by Crippen LogP contribution is 2.36. The number of carbonyl (C=O) groups is 3. The lowest BCUT2D eigenvalue weighted by Crippen LogP contribution is -2.14. The molecule has 1 aliphatic rings. The van der Waals surface area contributed by atoms with Gasteiger partial charge >= 0.3 is 5.97 Å². The molecule has 2 aromatic rings. The van der Waals surface area contributed by atoms with Crippen molar-refractivity contribution in [2.45, 2.75) is 19.3 Å². The van der Waals surface area contributed by atoms with Gasteiger partial charge in [-0.1, -0.05) is 12.1 Å². The van der Waals surface area contributed by atoms with E-state index in [4.69, 9.17) is 9.84 Å². The van der Waals surface area contributed by atoms with E-state index in [-0.39, 0.29) is 31.1 Å². The van der Waals surface area contributed by atoms with Gasteiger partial charge in [0.15, 0.2) is 5.75 Å². The van der Waals surface area contributed by atoms with Gasteiger partial charge in [0, 0.05) is 18.5 Å². The van der Waals surface area contributed by atoms with E-state index in [2.05, 4.69) is 10.6 Å². The molecule has 0 bridgehead atoms. The first-order valence-electron chi connectivity index (χ1n) is 7.77. The highest BCUT2D eigenvalue weighted by Gasteiger charge is 2.21. The summed E-state index contributed by atoms with van der Waals surface area (Å²) in [4.78, 5) is 34.7. The number of benzene rings is 2. The van der Waals surface area contributed by atoms with E-state index in [0.29, 0.717) is 28.4 Å². The first-order valence-corrected chi connectivity index (χ1v) is 7.77. The van der Waals surface area contributed by atoms with Crippen LogP contribution in [0.2, 0.25) is 0 Å². The van der Waals surface area contributed by atoms with E-state index < -0.39 is 5.97 Å². The van der Waals surface area contributed by atoms with Crippen molar-refractivity contribution in [3.63, 3.8) is 0 Å². The predicted molar refractivity (Wildman–Crippen MR) is 91.0 cm³/mol. The summed E-state index contributed by atoms with van der Waals surface area (Å²) < 4.78 is 5.76. The Bertz CT molecular complexity index is 847. The van der Waals surface area contributed by atoms with E-state index in [9.17, 15) is 14.4 Å². The molecule has 0 saturated carbocycles. The number of amides is 2. The molecule has 1 heterocycles. The lowest BCUT2D eigenvalue weighted by molar-refractivity contribution is -0.137. The zero-order chi connectivity index (χ0) is 17.8. The van der Waals surface area contributed by atoms with E-state index in [1.807, 2.05) is 6.07 Å². The molecule has 0 spiro atoms. The van der Waals surface area contributed by atoms with Gasteiger partial charge in [0.1, 0.15) is 5.75 Å². The Morgan fingerprint density at radius 2 is 1.88 bits per heavy atom. The van der Waals surface area contributed by atoms with Crippen LogP contribution in [-0.2, 0) is 9.59 Å². The van der Waals surface area contributed by atoms with Crippen LogP contribution >= 0.6 is 0 Å². The zero-order valence-electron chi connectivity index (χ0n) is 13.2. The van der Waals surface area contributed by atoms with Crippen LogP contribution in [0.4, 0.5) is 11.4 Å². The number of hydrogen-bond donors (Lipinski definition) is 3. The molecular formula is C18H16N2O5. The quantitative estimate of drug-likeness (QED) is 0.775. The highest BCUT2D eigenvalue weighted by molar-refractivity contribution is 6.09. The molecule has 128 valence electrons. The van der Waals surface area contributed by atoms with E-state index in [1.54, 1.807) is 30.3 Å². The van der Waals surface area contributed by atoms with Crippen LogP contribution in [-0.4, -0.2) is 22.9 Å². The van der Waals surface area contributed by atoms with Crippen molar-refractivity contribution in [1.82, 2.24) is 0 Å². The molecule has 7 nitrogen and oxygen atoms in total. The summed E-state index contributed by atoms with van der Waals surface area (Å²) in [5.74, 6) is -0.640. The third-order valence-corrected chi connectivity index (χ3v) is 3.66. The van der Waals surface area contributed by atoms with Crippen LogP contribution in [0.1, 0.15) is 29.6 Å². The molecule has 3 N–H and O–H groups in total. The number of hydrogen-bond acceptors (Lipinski definition) is 4. The Balaban J connectivity index is 1.74. The minimum atomic E-state index is -0.939. The lowest BCUT2D eigenvalue weighted by atomic mass is 10.1. The maximum absolute atomic E-state index is 12.4. The minimum absolute atomic E-state index is 0.0634. The molecule has 0 unspecified atom stereocenters. The molecule has 1 aliphatic heterocycles. The number of carboxylic acid groups (broad SMARTS) is 1. The molecule has 2 amide bonds. The number of carbonyl (C=O) groups excluding carboxylic acids is 2. The summed E-state index contributed by atoms with van der Waals surface area (Å²) in [6, 6.07) is 11.9. The Morgan fingerprint density at radius 1 is 1.08 bits per heavy atom. The summed E-state index contributed by atoms with van der Waals surface area (Å²) in [6.45, 7) is 0. The largest absolute Gasteiger partial charge is 0.481 e. The molecule has 0 atom stereocenters. The average molecular weight is 340 g/mol. The Kier molecular flexibility index (Phi) is 4.65. The number of para-hydroxylation sites is 2. The third-order valence-electron chi connectivity index (χ3n) is 3.66. The molecule has 0 fully saturated rings. The van der Waals surface area contributed by atoms with Crippen LogP contribution in [0.3, 0.4) is 0 Å². The van der Waals surface area contributed by atoms with E-state index >= 15 is 0 Å². The summed E-state index contributed by atoms with van der Waals surface area (Å²) in [5, 5.41) is 14.0. The molecule has 0 radical (unpaired) electrons. The van der Waals surface area contributed by atoms with Gasteiger partial charge in [0.2, 0.25) is 5.91 Å². The van der Waals surface area contributed by atoms with Gasteiger partial charge in [0.25, 0.3) is 5.91 Å². The lowest BCUT2D eigenvalue weighted by Gasteiger charge is -2.09. The smallest absolute Gasteiger partial charge is 0.303 e. The van der Waals surface area contributed by atoms with Crippen LogP contribution in [0.5, 0.6) is 11.5 Å². The Hall–Kier alpha value is -3.35. The second-order valence-corrected chi connectivity index (χ2v) is 5.56. The van der Waals surface area contributed by atoms with Crippen molar-refractivity contribution in [3.8, 4) is 11.5 Å². The molecular weight excluding hydrogens is 324 g/mol. The summed E-state index contributed by atoms with van der Waals surface area (Å²) in [5.41, 5.74) is 1.33. The number of anilines is 2. The van der Waals surface area contributed by atoms with Crippen LogP contribution in [0.25, 0.3) is 0 Å².